The predicted octanol–water partition coefficient (Wildman–Crippen LogP) is 2.47. The monoisotopic (exact) mass is 354 g/mol. The van der Waals surface area contributed by atoms with Crippen molar-refractivity contribution >= 4 is 27.5 Å². The molecule has 1 fully saturated rings. The lowest BCUT2D eigenvalue weighted by molar-refractivity contribution is -0.117. The van der Waals surface area contributed by atoms with Crippen LogP contribution in [0, 0.1) is 5.92 Å². The van der Waals surface area contributed by atoms with Crippen LogP contribution in [0.25, 0.3) is 0 Å². The molecule has 0 aromatic heterocycles. The summed E-state index contributed by atoms with van der Waals surface area (Å²) in [5, 5.41) is 5.89. The van der Waals surface area contributed by atoms with Gasteiger partial charge < -0.3 is 20.1 Å². The first-order valence-corrected chi connectivity index (χ1v) is 8.00. The fraction of sp³-hybridized carbons (Fsp3) is 0.533. The number of halogens is 1. The molecule has 0 radical (unpaired) electrons. The molecule has 1 aromatic carbocycles. The average molecular weight is 355 g/mol. The highest BCUT2D eigenvalue weighted by molar-refractivity contribution is 9.10. The first-order chi connectivity index (χ1) is 10.2. The van der Waals surface area contributed by atoms with Crippen LogP contribution in [-0.2, 0) is 9.53 Å². The number of likely N-dealkylation sites (N-methyl/N-ethyl adjacent to an activating group) is 1. The number of carbonyl (C=O) groups is 1. The van der Waals surface area contributed by atoms with Gasteiger partial charge in [-0.2, -0.15) is 0 Å². The van der Waals surface area contributed by atoms with Crippen LogP contribution in [0.3, 0.4) is 0 Å². The van der Waals surface area contributed by atoms with Crippen molar-refractivity contribution in [1.82, 2.24) is 5.32 Å². The molecule has 0 bridgehead atoms. The van der Waals surface area contributed by atoms with Gasteiger partial charge in [-0.25, -0.2) is 0 Å². The van der Waals surface area contributed by atoms with Gasteiger partial charge in [-0.1, -0.05) is 0 Å². The standard InChI is InChI=1S/C15H19BrN2O3/c1-17-14-10-6-11(16)13(7-12(10)18-15(14)19)21-8-9-2-4-20-5-3-9/h6-7,9,14,17H,2-5,8H2,1H3,(H,18,19). The van der Waals surface area contributed by atoms with E-state index in [1.165, 1.54) is 0 Å². The number of nitrogens with one attached hydrogen (secondary N) is 2. The van der Waals surface area contributed by atoms with Crippen molar-refractivity contribution in [2.75, 3.05) is 32.2 Å². The molecule has 0 aliphatic carbocycles. The van der Waals surface area contributed by atoms with Crippen molar-refractivity contribution in [3.63, 3.8) is 0 Å². The van der Waals surface area contributed by atoms with Gasteiger partial charge in [-0.05, 0) is 47.8 Å². The minimum absolute atomic E-state index is 0.0269. The Bertz CT molecular complexity index is 544. The van der Waals surface area contributed by atoms with Gasteiger partial charge in [-0.3, -0.25) is 4.79 Å². The topological polar surface area (TPSA) is 59.6 Å². The summed E-state index contributed by atoms with van der Waals surface area (Å²) < 4.78 is 12.2. The Morgan fingerprint density at radius 2 is 2.19 bits per heavy atom. The lowest BCUT2D eigenvalue weighted by atomic mass is 10.0. The molecular weight excluding hydrogens is 336 g/mol. The largest absolute Gasteiger partial charge is 0.492 e. The molecule has 1 aromatic rings. The van der Waals surface area contributed by atoms with Gasteiger partial charge in [0.05, 0.1) is 11.1 Å². The number of rotatable bonds is 4. The third-order valence-corrected chi connectivity index (χ3v) is 4.66. The van der Waals surface area contributed by atoms with Gasteiger partial charge in [-0.15, -0.1) is 0 Å². The zero-order valence-corrected chi connectivity index (χ0v) is 13.5. The number of benzene rings is 1. The van der Waals surface area contributed by atoms with E-state index in [2.05, 4.69) is 26.6 Å². The number of hydrogen-bond acceptors (Lipinski definition) is 4. The van der Waals surface area contributed by atoms with E-state index in [9.17, 15) is 4.79 Å². The molecule has 1 amide bonds. The zero-order valence-electron chi connectivity index (χ0n) is 11.9. The summed E-state index contributed by atoms with van der Waals surface area (Å²) in [6.07, 6.45) is 2.09. The van der Waals surface area contributed by atoms with E-state index in [-0.39, 0.29) is 11.9 Å². The van der Waals surface area contributed by atoms with Crippen molar-refractivity contribution in [2.24, 2.45) is 5.92 Å². The Morgan fingerprint density at radius 1 is 1.43 bits per heavy atom. The van der Waals surface area contributed by atoms with Crippen LogP contribution in [-0.4, -0.2) is 32.8 Å². The fourth-order valence-corrected chi connectivity index (χ4v) is 3.26. The van der Waals surface area contributed by atoms with Crippen LogP contribution < -0.4 is 15.4 Å². The maximum absolute atomic E-state index is 11.8. The van der Waals surface area contributed by atoms with E-state index < -0.39 is 0 Å². The number of carbonyl (C=O) groups excluding carboxylic acids is 1. The molecule has 1 unspecified atom stereocenters. The number of anilines is 1. The maximum Gasteiger partial charge on any atom is 0.246 e. The number of hydrogen-bond donors (Lipinski definition) is 2. The van der Waals surface area contributed by atoms with Crippen molar-refractivity contribution < 1.29 is 14.3 Å². The van der Waals surface area contributed by atoms with Crippen LogP contribution in [0.1, 0.15) is 24.4 Å². The average Bonchev–Trinajstić information content (AvgIpc) is 2.80. The summed E-state index contributed by atoms with van der Waals surface area (Å²) in [4.78, 5) is 11.8. The van der Waals surface area contributed by atoms with E-state index in [1.54, 1.807) is 7.05 Å². The van der Waals surface area contributed by atoms with E-state index in [1.807, 2.05) is 12.1 Å². The van der Waals surface area contributed by atoms with Crippen LogP contribution in [0.2, 0.25) is 0 Å². The molecule has 3 rings (SSSR count). The van der Waals surface area contributed by atoms with Gasteiger partial charge in [0.2, 0.25) is 5.91 Å². The lowest BCUT2D eigenvalue weighted by Gasteiger charge is -2.22. The van der Waals surface area contributed by atoms with E-state index in [0.717, 1.165) is 47.5 Å². The zero-order chi connectivity index (χ0) is 14.8. The highest BCUT2D eigenvalue weighted by Gasteiger charge is 2.30. The number of fused-ring (bicyclic) bond motifs is 1. The van der Waals surface area contributed by atoms with Gasteiger partial charge in [0.15, 0.2) is 0 Å². The Hall–Kier alpha value is -1.11. The van der Waals surface area contributed by atoms with Crippen LogP contribution in [0.15, 0.2) is 16.6 Å². The van der Waals surface area contributed by atoms with E-state index in [0.29, 0.717) is 12.5 Å². The highest BCUT2D eigenvalue weighted by atomic mass is 79.9. The van der Waals surface area contributed by atoms with Crippen molar-refractivity contribution in [3.8, 4) is 5.75 Å². The van der Waals surface area contributed by atoms with Gasteiger partial charge in [0, 0.05) is 30.5 Å². The minimum atomic E-state index is -0.291. The van der Waals surface area contributed by atoms with E-state index in [4.69, 9.17) is 9.47 Å². The molecular formula is C15H19BrN2O3. The number of amides is 1. The third kappa shape index (κ3) is 3.07. The van der Waals surface area contributed by atoms with Gasteiger partial charge in [0.1, 0.15) is 11.8 Å². The Morgan fingerprint density at radius 3 is 2.90 bits per heavy atom. The van der Waals surface area contributed by atoms with E-state index >= 15 is 0 Å². The van der Waals surface area contributed by atoms with Gasteiger partial charge in [0.25, 0.3) is 0 Å². The summed E-state index contributed by atoms with van der Waals surface area (Å²) in [6, 6.07) is 3.56. The second kappa shape index (κ2) is 6.34. The molecule has 2 aliphatic heterocycles. The first-order valence-electron chi connectivity index (χ1n) is 7.21. The van der Waals surface area contributed by atoms with Crippen LogP contribution in [0.4, 0.5) is 5.69 Å². The fourth-order valence-electron chi connectivity index (χ4n) is 2.78. The molecule has 0 spiro atoms. The van der Waals surface area contributed by atoms with Crippen LogP contribution in [0.5, 0.6) is 5.75 Å². The molecule has 2 N–H and O–H groups in total. The molecule has 1 atom stereocenters. The Kier molecular flexibility index (Phi) is 4.47. The smallest absolute Gasteiger partial charge is 0.246 e. The summed E-state index contributed by atoms with van der Waals surface area (Å²) in [5.41, 5.74) is 1.78. The molecule has 114 valence electrons. The molecule has 2 aliphatic rings. The van der Waals surface area contributed by atoms with Crippen molar-refractivity contribution in [2.45, 2.75) is 18.9 Å². The maximum atomic E-state index is 11.8. The third-order valence-electron chi connectivity index (χ3n) is 4.04. The molecule has 0 saturated carbocycles. The summed E-state index contributed by atoms with van der Waals surface area (Å²) in [7, 11) is 1.78. The summed E-state index contributed by atoms with van der Waals surface area (Å²) >= 11 is 3.53. The Balaban J connectivity index is 1.72. The molecule has 2 heterocycles. The highest BCUT2D eigenvalue weighted by Crippen LogP contribution is 2.38. The van der Waals surface area contributed by atoms with Gasteiger partial charge >= 0.3 is 0 Å². The number of ether oxygens (including phenoxy) is 2. The van der Waals surface area contributed by atoms with Crippen LogP contribution >= 0.6 is 15.9 Å². The molecule has 6 heteroatoms. The first kappa shape index (κ1) is 14.8. The molecule has 21 heavy (non-hydrogen) atoms. The lowest BCUT2D eigenvalue weighted by Crippen LogP contribution is -2.23. The Labute approximate surface area is 132 Å². The second-order valence-corrected chi connectivity index (χ2v) is 6.30. The summed E-state index contributed by atoms with van der Waals surface area (Å²) in [6.45, 7) is 2.32. The second-order valence-electron chi connectivity index (χ2n) is 5.45. The normalized spacial score (nSPS) is 22.0. The SMILES string of the molecule is CNC1C(=O)Nc2cc(OCC3CCOCC3)c(Br)cc21. The summed E-state index contributed by atoms with van der Waals surface area (Å²) in [5.74, 6) is 1.29. The minimum Gasteiger partial charge on any atom is -0.492 e. The molecule has 5 nitrogen and oxygen atoms in total. The predicted molar refractivity (Wildman–Crippen MR) is 83.6 cm³/mol. The van der Waals surface area contributed by atoms with Crippen molar-refractivity contribution in [1.29, 1.82) is 0 Å². The quantitative estimate of drug-likeness (QED) is 0.871. The molecule has 1 saturated heterocycles. The van der Waals surface area contributed by atoms with Crippen molar-refractivity contribution in [3.05, 3.63) is 22.2 Å².